The molecule has 0 bridgehead atoms. The topological polar surface area (TPSA) is 41.1 Å². The number of amides is 1. The van der Waals surface area contributed by atoms with E-state index in [1.807, 2.05) is 0 Å². The Morgan fingerprint density at radius 3 is 3.06 bits per heavy atom. The molecule has 3 rings (SSSR count). The largest absolute Gasteiger partial charge is 0.350 e. The molecule has 1 aliphatic carbocycles. The molecule has 3 atom stereocenters. The Bertz CT molecular complexity index is 449. The van der Waals surface area contributed by atoms with Crippen LogP contribution in [-0.4, -0.2) is 25.0 Å². The van der Waals surface area contributed by atoms with Crippen LogP contribution >= 0.6 is 11.6 Å². The van der Waals surface area contributed by atoms with Gasteiger partial charge in [-0.05, 0) is 43.0 Å². The Hall–Kier alpha value is -1.06. The van der Waals surface area contributed by atoms with Gasteiger partial charge in [0.25, 0.3) is 5.91 Å². The highest BCUT2D eigenvalue weighted by atomic mass is 35.5. The molecule has 1 aromatic rings. The molecule has 0 radical (unpaired) electrons. The predicted molar refractivity (Wildman–Crippen MR) is 67.2 cm³/mol. The van der Waals surface area contributed by atoms with Crippen LogP contribution in [0.2, 0.25) is 5.02 Å². The Morgan fingerprint density at radius 2 is 2.41 bits per heavy atom. The lowest BCUT2D eigenvalue weighted by Crippen LogP contribution is -2.39. The van der Waals surface area contributed by atoms with Crippen LogP contribution in [0.3, 0.4) is 0 Å². The molecule has 1 saturated heterocycles. The van der Waals surface area contributed by atoms with Crippen molar-refractivity contribution >= 4 is 17.5 Å². The number of halogens is 1. The lowest BCUT2D eigenvalue weighted by atomic mass is 10.2. The van der Waals surface area contributed by atoms with Gasteiger partial charge in [0.15, 0.2) is 0 Å². The van der Waals surface area contributed by atoms with Crippen molar-refractivity contribution in [1.29, 1.82) is 0 Å². The van der Waals surface area contributed by atoms with E-state index in [0.29, 0.717) is 23.2 Å². The number of piperidine rings is 1. The van der Waals surface area contributed by atoms with Crippen LogP contribution < -0.4 is 10.6 Å². The first-order valence-electron chi connectivity index (χ1n) is 6.01. The van der Waals surface area contributed by atoms with Gasteiger partial charge in [0, 0.05) is 23.2 Å². The monoisotopic (exact) mass is 250 g/mol. The molecule has 1 aliphatic heterocycles. The summed E-state index contributed by atoms with van der Waals surface area (Å²) in [5.74, 6) is 1.61. The minimum atomic E-state index is -0.0431. The number of hydrogen-bond acceptors (Lipinski definition) is 2. The van der Waals surface area contributed by atoms with Gasteiger partial charge >= 0.3 is 0 Å². The zero-order chi connectivity index (χ0) is 11.8. The van der Waals surface area contributed by atoms with Crippen LogP contribution in [0, 0.1) is 11.8 Å². The molecule has 90 valence electrons. The molecule has 4 heteroatoms. The van der Waals surface area contributed by atoms with Gasteiger partial charge in [-0.15, -0.1) is 0 Å². The van der Waals surface area contributed by atoms with Crippen LogP contribution in [0.15, 0.2) is 24.3 Å². The molecule has 1 amide bonds. The van der Waals surface area contributed by atoms with E-state index in [-0.39, 0.29) is 5.91 Å². The highest BCUT2D eigenvalue weighted by Crippen LogP contribution is 2.44. The molecular formula is C13H15ClN2O. The first kappa shape index (κ1) is 11.1. The smallest absolute Gasteiger partial charge is 0.251 e. The number of rotatable bonds is 3. The van der Waals surface area contributed by atoms with Crippen molar-refractivity contribution in [2.24, 2.45) is 11.8 Å². The van der Waals surface area contributed by atoms with Gasteiger partial charge in [-0.2, -0.15) is 0 Å². The van der Waals surface area contributed by atoms with Gasteiger partial charge in [-0.3, -0.25) is 4.79 Å². The Morgan fingerprint density at radius 1 is 1.53 bits per heavy atom. The zero-order valence-corrected chi connectivity index (χ0v) is 10.2. The first-order valence-corrected chi connectivity index (χ1v) is 6.39. The average Bonchev–Trinajstić information content (AvgIpc) is 3.00. The highest BCUT2D eigenvalue weighted by molar-refractivity contribution is 6.30. The third kappa shape index (κ3) is 2.31. The van der Waals surface area contributed by atoms with Crippen molar-refractivity contribution in [2.45, 2.75) is 12.5 Å². The summed E-state index contributed by atoms with van der Waals surface area (Å²) in [6, 6.07) is 7.50. The SMILES string of the molecule is O=C(NC[C@H]1NC[C@@H]2C[C@@H]21)c1cccc(Cl)c1. The number of benzene rings is 1. The summed E-state index contributed by atoms with van der Waals surface area (Å²) in [4.78, 5) is 11.9. The van der Waals surface area contributed by atoms with Gasteiger partial charge in [-0.1, -0.05) is 17.7 Å². The number of fused-ring (bicyclic) bond motifs is 1. The molecule has 0 aromatic heterocycles. The second-order valence-electron chi connectivity index (χ2n) is 4.89. The molecule has 0 spiro atoms. The standard InChI is InChI=1S/C13H15ClN2O/c14-10-3-1-2-8(4-10)13(17)16-7-12-11-5-9(11)6-15-12/h1-4,9,11-12,15H,5-7H2,(H,16,17)/t9-,11-,12+/m0/s1. The molecule has 1 saturated carbocycles. The van der Waals surface area contributed by atoms with Crippen LogP contribution in [0.1, 0.15) is 16.8 Å². The minimum Gasteiger partial charge on any atom is -0.350 e. The van der Waals surface area contributed by atoms with E-state index in [4.69, 9.17) is 11.6 Å². The van der Waals surface area contributed by atoms with Crippen LogP contribution in [0.25, 0.3) is 0 Å². The number of hydrogen-bond donors (Lipinski definition) is 2. The maximum absolute atomic E-state index is 11.9. The van der Waals surface area contributed by atoms with Crippen molar-refractivity contribution in [3.63, 3.8) is 0 Å². The maximum atomic E-state index is 11.9. The quantitative estimate of drug-likeness (QED) is 0.857. The molecule has 1 heterocycles. The second kappa shape index (κ2) is 4.31. The third-order valence-corrected chi connectivity index (χ3v) is 3.94. The molecular weight excluding hydrogens is 236 g/mol. The normalized spacial score (nSPS) is 29.8. The average molecular weight is 251 g/mol. The highest BCUT2D eigenvalue weighted by Gasteiger charge is 2.47. The van der Waals surface area contributed by atoms with Crippen LogP contribution in [-0.2, 0) is 0 Å². The van der Waals surface area contributed by atoms with E-state index in [1.54, 1.807) is 24.3 Å². The summed E-state index contributed by atoms with van der Waals surface area (Å²) in [5.41, 5.74) is 0.628. The number of nitrogens with one attached hydrogen (secondary N) is 2. The summed E-state index contributed by atoms with van der Waals surface area (Å²) in [7, 11) is 0. The van der Waals surface area contributed by atoms with E-state index >= 15 is 0 Å². The van der Waals surface area contributed by atoms with Crippen molar-refractivity contribution in [2.75, 3.05) is 13.1 Å². The number of carbonyl (C=O) groups excluding carboxylic acids is 1. The van der Waals surface area contributed by atoms with Crippen molar-refractivity contribution in [3.05, 3.63) is 34.9 Å². The fourth-order valence-electron chi connectivity index (χ4n) is 2.61. The van der Waals surface area contributed by atoms with Crippen LogP contribution in [0.4, 0.5) is 0 Å². The first-order chi connectivity index (χ1) is 8.24. The fraction of sp³-hybridized carbons (Fsp3) is 0.462. The summed E-state index contributed by atoms with van der Waals surface area (Å²) in [5, 5.41) is 6.99. The van der Waals surface area contributed by atoms with E-state index in [2.05, 4.69) is 10.6 Å². The fourth-order valence-corrected chi connectivity index (χ4v) is 2.80. The number of carbonyl (C=O) groups is 1. The van der Waals surface area contributed by atoms with Gasteiger partial charge in [0.2, 0.25) is 0 Å². The molecule has 1 aromatic carbocycles. The summed E-state index contributed by atoms with van der Waals surface area (Å²) in [6.07, 6.45) is 1.32. The zero-order valence-electron chi connectivity index (χ0n) is 9.45. The molecule has 17 heavy (non-hydrogen) atoms. The van der Waals surface area contributed by atoms with Crippen molar-refractivity contribution in [3.8, 4) is 0 Å². The Balaban J connectivity index is 1.56. The molecule has 0 unspecified atom stereocenters. The second-order valence-corrected chi connectivity index (χ2v) is 5.33. The lowest BCUT2D eigenvalue weighted by Gasteiger charge is -2.14. The van der Waals surface area contributed by atoms with E-state index in [1.165, 1.54) is 6.42 Å². The lowest BCUT2D eigenvalue weighted by molar-refractivity contribution is 0.0949. The van der Waals surface area contributed by atoms with Gasteiger partial charge in [0.1, 0.15) is 0 Å². The summed E-state index contributed by atoms with van der Waals surface area (Å²) < 4.78 is 0. The van der Waals surface area contributed by atoms with E-state index in [9.17, 15) is 4.79 Å². The molecule has 2 N–H and O–H groups in total. The Labute approximate surface area is 106 Å². The molecule has 2 aliphatic rings. The van der Waals surface area contributed by atoms with E-state index < -0.39 is 0 Å². The molecule has 3 nitrogen and oxygen atoms in total. The molecule has 2 fully saturated rings. The summed E-state index contributed by atoms with van der Waals surface area (Å²) in [6.45, 7) is 1.83. The van der Waals surface area contributed by atoms with E-state index in [0.717, 1.165) is 18.4 Å². The summed E-state index contributed by atoms with van der Waals surface area (Å²) >= 11 is 5.85. The third-order valence-electron chi connectivity index (χ3n) is 3.71. The van der Waals surface area contributed by atoms with Crippen LogP contribution in [0.5, 0.6) is 0 Å². The van der Waals surface area contributed by atoms with Gasteiger partial charge < -0.3 is 10.6 Å². The minimum absolute atomic E-state index is 0.0431. The van der Waals surface area contributed by atoms with Crippen molar-refractivity contribution < 1.29 is 4.79 Å². The predicted octanol–water partition coefficient (Wildman–Crippen LogP) is 1.68. The van der Waals surface area contributed by atoms with Crippen molar-refractivity contribution in [1.82, 2.24) is 10.6 Å². The maximum Gasteiger partial charge on any atom is 0.251 e. The van der Waals surface area contributed by atoms with Gasteiger partial charge in [0.05, 0.1) is 0 Å². The Kier molecular flexibility index (Phi) is 2.81. The van der Waals surface area contributed by atoms with Gasteiger partial charge in [-0.25, -0.2) is 0 Å².